The Hall–Kier alpha value is -1.36. The second-order valence-electron chi connectivity index (χ2n) is 5.70. The molecule has 0 unspecified atom stereocenters. The lowest BCUT2D eigenvalue weighted by molar-refractivity contribution is -0.149. The third kappa shape index (κ3) is 3.60. The van der Waals surface area contributed by atoms with Gasteiger partial charge in [-0.1, -0.05) is 13.0 Å². The van der Waals surface area contributed by atoms with Gasteiger partial charge in [0.1, 0.15) is 5.54 Å². The molecule has 0 saturated heterocycles. The number of hydrogen-bond acceptors (Lipinski definition) is 3. The lowest BCUT2D eigenvalue weighted by atomic mass is 9.77. The Kier molecular flexibility index (Phi) is 4.81. The van der Waals surface area contributed by atoms with E-state index in [9.17, 15) is 14.7 Å². The number of nitrogens with one attached hydrogen (secondary N) is 1. The van der Waals surface area contributed by atoms with Crippen molar-refractivity contribution < 1.29 is 14.7 Å². The first-order chi connectivity index (χ1) is 9.52. The van der Waals surface area contributed by atoms with Crippen molar-refractivity contribution in [3.63, 3.8) is 0 Å². The van der Waals surface area contributed by atoms with E-state index in [1.165, 1.54) is 0 Å². The Balaban J connectivity index is 1.91. The van der Waals surface area contributed by atoms with Crippen LogP contribution >= 0.6 is 11.3 Å². The van der Waals surface area contributed by atoms with Crippen LogP contribution in [0.1, 0.15) is 43.9 Å². The van der Waals surface area contributed by atoms with Gasteiger partial charge in [-0.2, -0.15) is 0 Å². The van der Waals surface area contributed by atoms with Gasteiger partial charge in [-0.25, -0.2) is 4.79 Å². The van der Waals surface area contributed by atoms with Crippen LogP contribution in [-0.2, 0) is 16.0 Å². The van der Waals surface area contributed by atoms with Gasteiger partial charge in [-0.15, -0.1) is 11.3 Å². The molecular weight excluding hydrogens is 274 g/mol. The Morgan fingerprint density at radius 2 is 2.15 bits per heavy atom. The van der Waals surface area contributed by atoms with E-state index in [4.69, 9.17) is 0 Å². The highest BCUT2D eigenvalue weighted by atomic mass is 32.1. The fraction of sp³-hybridized carbons (Fsp3) is 0.600. The molecule has 1 aromatic heterocycles. The fourth-order valence-electron chi connectivity index (χ4n) is 2.67. The highest BCUT2D eigenvalue weighted by Gasteiger charge is 2.42. The maximum atomic E-state index is 12.0. The van der Waals surface area contributed by atoms with E-state index in [2.05, 4.69) is 12.2 Å². The summed E-state index contributed by atoms with van der Waals surface area (Å²) in [5, 5.41) is 14.2. The molecule has 5 heteroatoms. The summed E-state index contributed by atoms with van der Waals surface area (Å²) >= 11 is 1.62. The first-order valence-electron chi connectivity index (χ1n) is 7.09. The standard InChI is InChI=1S/C15H21NO3S/c1-11-6-8-15(9-7-11,14(18)19)16-13(17)5-4-12-3-2-10-20-12/h2-3,10-11H,4-9H2,1H3,(H,16,17)(H,18,19). The van der Waals surface area contributed by atoms with Gasteiger partial charge in [0.05, 0.1) is 0 Å². The zero-order valence-electron chi connectivity index (χ0n) is 11.7. The minimum absolute atomic E-state index is 0.157. The molecule has 1 fully saturated rings. The van der Waals surface area contributed by atoms with Crippen LogP contribution in [0.15, 0.2) is 17.5 Å². The van der Waals surface area contributed by atoms with Crippen LogP contribution in [0.5, 0.6) is 0 Å². The third-order valence-corrected chi connectivity index (χ3v) is 5.03. The van der Waals surface area contributed by atoms with Crippen molar-refractivity contribution >= 4 is 23.2 Å². The number of rotatable bonds is 5. The molecule has 0 aliphatic heterocycles. The Bertz CT molecular complexity index is 461. The summed E-state index contributed by atoms with van der Waals surface area (Å²) in [6.45, 7) is 2.13. The minimum atomic E-state index is -1.04. The van der Waals surface area contributed by atoms with Crippen molar-refractivity contribution in [2.45, 2.75) is 51.0 Å². The monoisotopic (exact) mass is 295 g/mol. The zero-order valence-corrected chi connectivity index (χ0v) is 12.5. The largest absolute Gasteiger partial charge is 0.480 e. The quantitative estimate of drug-likeness (QED) is 0.878. The van der Waals surface area contributed by atoms with Crippen LogP contribution in [0.3, 0.4) is 0 Å². The molecule has 1 aliphatic carbocycles. The number of hydrogen-bond donors (Lipinski definition) is 2. The molecule has 1 aromatic rings. The Morgan fingerprint density at radius 1 is 1.45 bits per heavy atom. The lowest BCUT2D eigenvalue weighted by Gasteiger charge is -2.36. The second kappa shape index (κ2) is 6.39. The summed E-state index contributed by atoms with van der Waals surface area (Å²) in [7, 11) is 0. The third-order valence-electron chi connectivity index (χ3n) is 4.09. The van der Waals surface area contributed by atoms with Crippen molar-refractivity contribution in [2.75, 3.05) is 0 Å². The molecular formula is C15H21NO3S. The molecule has 110 valence electrons. The summed E-state index contributed by atoms with van der Waals surface area (Å²) in [4.78, 5) is 24.7. The number of thiophene rings is 1. The molecule has 1 amide bonds. The van der Waals surface area contributed by atoms with Gasteiger partial charge in [-0.3, -0.25) is 4.79 Å². The van der Waals surface area contributed by atoms with E-state index in [1.54, 1.807) is 11.3 Å². The highest BCUT2D eigenvalue weighted by Crippen LogP contribution is 2.32. The summed E-state index contributed by atoms with van der Waals surface area (Å²) in [5.74, 6) is -0.505. The number of aryl methyl sites for hydroxylation is 1. The molecule has 4 nitrogen and oxygen atoms in total. The lowest BCUT2D eigenvalue weighted by Crippen LogP contribution is -2.56. The normalized spacial score (nSPS) is 26.1. The van der Waals surface area contributed by atoms with Crippen molar-refractivity contribution in [1.29, 1.82) is 0 Å². The molecule has 0 radical (unpaired) electrons. The van der Waals surface area contributed by atoms with Crippen LogP contribution in [-0.4, -0.2) is 22.5 Å². The summed E-state index contributed by atoms with van der Waals surface area (Å²) in [5.41, 5.74) is -1.04. The number of aliphatic carboxylic acids is 1. The molecule has 0 bridgehead atoms. The number of carboxylic acids is 1. The van der Waals surface area contributed by atoms with E-state index in [0.29, 0.717) is 31.6 Å². The van der Waals surface area contributed by atoms with E-state index in [-0.39, 0.29) is 5.91 Å². The van der Waals surface area contributed by atoms with E-state index in [0.717, 1.165) is 17.7 Å². The van der Waals surface area contributed by atoms with Crippen LogP contribution in [0.2, 0.25) is 0 Å². The molecule has 1 saturated carbocycles. The average Bonchev–Trinajstić information content (AvgIpc) is 2.92. The van der Waals surface area contributed by atoms with Gasteiger partial charge in [0.2, 0.25) is 5.91 Å². The van der Waals surface area contributed by atoms with Crippen LogP contribution in [0.4, 0.5) is 0 Å². The predicted molar refractivity (Wildman–Crippen MR) is 78.8 cm³/mol. The molecule has 1 heterocycles. The molecule has 0 aromatic carbocycles. The average molecular weight is 295 g/mol. The molecule has 0 spiro atoms. The van der Waals surface area contributed by atoms with Gasteiger partial charge in [0.15, 0.2) is 0 Å². The molecule has 20 heavy (non-hydrogen) atoms. The van der Waals surface area contributed by atoms with Gasteiger partial charge >= 0.3 is 5.97 Å². The van der Waals surface area contributed by atoms with Crippen LogP contribution in [0, 0.1) is 5.92 Å². The van der Waals surface area contributed by atoms with Crippen molar-refractivity contribution in [2.24, 2.45) is 5.92 Å². The smallest absolute Gasteiger partial charge is 0.329 e. The number of amides is 1. The molecule has 0 atom stereocenters. The van der Waals surface area contributed by atoms with Gasteiger partial charge in [-0.05, 0) is 49.5 Å². The number of carboxylic acid groups (broad SMARTS) is 1. The summed E-state index contributed by atoms with van der Waals surface area (Å²) < 4.78 is 0. The van der Waals surface area contributed by atoms with Gasteiger partial charge in [0, 0.05) is 11.3 Å². The summed E-state index contributed by atoms with van der Waals surface area (Å²) in [6, 6.07) is 3.95. The Morgan fingerprint density at radius 3 is 2.70 bits per heavy atom. The molecule has 2 rings (SSSR count). The van der Waals surface area contributed by atoms with Crippen LogP contribution < -0.4 is 5.32 Å². The van der Waals surface area contributed by atoms with Crippen LogP contribution in [0.25, 0.3) is 0 Å². The van der Waals surface area contributed by atoms with E-state index >= 15 is 0 Å². The first-order valence-corrected chi connectivity index (χ1v) is 7.96. The van der Waals surface area contributed by atoms with Crippen molar-refractivity contribution in [3.8, 4) is 0 Å². The predicted octanol–water partition coefficient (Wildman–Crippen LogP) is 2.83. The number of carbonyl (C=O) groups excluding carboxylic acids is 1. The van der Waals surface area contributed by atoms with Crippen molar-refractivity contribution in [3.05, 3.63) is 22.4 Å². The van der Waals surface area contributed by atoms with Gasteiger partial charge < -0.3 is 10.4 Å². The first kappa shape index (κ1) is 15.0. The minimum Gasteiger partial charge on any atom is -0.480 e. The zero-order chi connectivity index (χ0) is 14.6. The second-order valence-corrected chi connectivity index (χ2v) is 6.73. The SMILES string of the molecule is CC1CCC(NC(=O)CCc2cccs2)(C(=O)O)CC1. The van der Waals surface area contributed by atoms with E-state index < -0.39 is 11.5 Å². The number of carbonyl (C=O) groups is 2. The molecule has 2 N–H and O–H groups in total. The summed E-state index contributed by atoms with van der Waals surface area (Å²) in [6.07, 6.45) is 3.82. The maximum Gasteiger partial charge on any atom is 0.329 e. The maximum absolute atomic E-state index is 12.0. The topological polar surface area (TPSA) is 66.4 Å². The highest BCUT2D eigenvalue weighted by molar-refractivity contribution is 7.09. The Labute approximate surface area is 123 Å². The fourth-order valence-corrected chi connectivity index (χ4v) is 3.38. The van der Waals surface area contributed by atoms with Crippen molar-refractivity contribution in [1.82, 2.24) is 5.32 Å². The molecule has 1 aliphatic rings. The van der Waals surface area contributed by atoms with Gasteiger partial charge in [0.25, 0.3) is 0 Å². The van der Waals surface area contributed by atoms with E-state index in [1.807, 2.05) is 17.5 Å².